The van der Waals surface area contributed by atoms with Crippen LogP contribution in [0.25, 0.3) is 0 Å². The topological polar surface area (TPSA) is 56.0 Å². The summed E-state index contributed by atoms with van der Waals surface area (Å²) in [5.74, 6) is 0.382. The number of carbonyl (C=O) groups excluding carboxylic acids is 1. The molecule has 0 radical (unpaired) electrons. The van der Waals surface area contributed by atoms with Crippen molar-refractivity contribution in [3.63, 3.8) is 0 Å². The van der Waals surface area contributed by atoms with Crippen LogP contribution in [-0.4, -0.2) is 10.9 Å². The van der Waals surface area contributed by atoms with Gasteiger partial charge in [0.2, 0.25) is 5.91 Å². The van der Waals surface area contributed by atoms with Crippen LogP contribution in [0.1, 0.15) is 31.4 Å². The SMILES string of the molecule is NC(=O)C1C2CCC1(c1ccccn1)CC2. The summed E-state index contributed by atoms with van der Waals surface area (Å²) in [6.07, 6.45) is 6.21. The molecule has 2 aliphatic carbocycles. The molecular formula is C13H16N2O. The number of amides is 1. The third-order valence-corrected chi connectivity index (χ3v) is 4.47. The van der Waals surface area contributed by atoms with Gasteiger partial charge in [0.15, 0.2) is 0 Å². The summed E-state index contributed by atoms with van der Waals surface area (Å²) in [5.41, 5.74) is 6.60. The largest absolute Gasteiger partial charge is 0.369 e. The van der Waals surface area contributed by atoms with Crippen molar-refractivity contribution in [3.05, 3.63) is 30.1 Å². The maximum absolute atomic E-state index is 11.6. The average Bonchev–Trinajstić information content (AvgIpc) is 2.86. The first kappa shape index (κ1) is 9.82. The van der Waals surface area contributed by atoms with Crippen molar-refractivity contribution in [1.82, 2.24) is 4.98 Å². The minimum atomic E-state index is -0.134. The zero-order valence-electron chi connectivity index (χ0n) is 9.23. The predicted octanol–water partition coefficient (Wildman–Crippen LogP) is 1.62. The lowest BCUT2D eigenvalue weighted by Crippen LogP contribution is -2.37. The van der Waals surface area contributed by atoms with E-state index in [0.717, 1.165) is 31.4 Å². The van der Waals surface area contributed by atoms with Crippen molar-refractivity contribution in [2.45, 2.75) is 31.1 Å². The van der Waals surface area contributed by atoms with Gasteiger partial charge in [-0.3, -0.25) is 9.78 Å². The molecule has 2 N–H and O–H groups in total. The zero-order chi connectivity index (χ0) is 11.2. The molecule has 2 saturated carbocycles. The van der Waals surface area contributed by atoms with Gasteiger partial charge in [0.1, 0.15) is 0 Å². The van der Waals surface area contributed by atoms with Gasteiger partial charge in [-0.1, -0.05) is 6.07 Å². The number of hydrogen-bond acceptors (Lipinski definition) is 2. The second-order valence-corrected chi connectivity index (χ2v) is 5.09. The van der Waals surface area contributed by atoms with Gasteiger partial charge in [-0.2, -0.15) is 0 Å². The van der Waals surface area contributed by atoms with Crippen LogP contribution in [0.5, 0.6) is 0 Å². The number of rotatable bonds is 2. The van der Waals surface area contributed by atoms with Crippen molar-refractivity contribution in [1.29, 1.82) is 0 Å². The van der Waals surface area contributed by atoms with Crippen LogP contribution in [-0.2, 0) is 10.2 Å². The van der Waals surface area contributed by atoms with Crippen LogP contribution < -0.4 is 5.73 Å². The van der Waals surface area contributed by atoms with E-state index in [1.807, 2.05) is 24.4 Å². The maximum atomic E-state index is 11.6. The number of aromatic nitrogens is 1. The van der Waals surface area contributed by atoms with Crippen LogP contribution in [0.15, 0.2) is 24.4 Å². The maximum Gasteiger partial charge on any atom is 0.221 e. The first-order chi connectivity index (χ1) is 7.74. The number of nitrogens with zero attached hydrogens (tertiary/aromatic N) is 1. The molecular weight excluding hydrogens is 200 g/mol. The third kappa shape index (κ3) is 1.14. The molecule has 0 saturated heterocycles. The normalized spacial score (nSPS) is 36.5. The lowest BCUT2D eigenvalue weighted by Gasteiger charge is -2.29. The number of fused-ring (bicyclic) bond motifs is 2. The van der Waals surface area contributed by atoms with Crippen molar-refractivity contribution < 1.29 is 4.79 Å². The predicted molar refractivity (Wildman–Crippen MR) is 60.6 cm³/mol. The Morgan fingerprint density at radius 1 is 1.38 bits per heavy atom. The minimum Gasteiger partial charge on any atom is -0.369 e. The molecule has 1 unspecified atom stereocenters. The second kappa shape index (κ2) is 3.30. The molecule has 2 aliphatic rings. The number of primary amides is 1. The quantitative estimate of drug-likeness (QED) is 0.816. The van der Waals surface area contributed by atoms with Gasteiger partial charge in [-0.15, -0.1) is 0 Å². The Balaban J connectivity index is 2.07. The molecule has 0 aromatic carbocycles. The summed E-state index contributed by atoms with van der Waals surface area (Å²) in [6.45, 7) is 0. The van der Waals surface area contributed by atoms with E-state index in [0.29, 0.717) is 5.92 Å². The van der Waals surface area contributed by atoms with Gasteiger partial charge in [-0.05, 0) is 43.7 Å². The molecule has 1 atom stereocenters. The van der Waals surface area contributed by atoms with Crippen molar-refractivity contribution >= 4 is 5.91 Å². The van der Waals surface area contributed by atoms with Gasteiger partial charge in [0, 0.05) is 17.3 Å². The summed E-state index contributed by atoms with van der Waals surface area (Å²) in [6, 6.07) is 5.96. The summed E-state index contributed by atoms with van der Waals surface area (Å²) >= 11 is 0. The Bertz CT molecular complexity index is 407. The molecule has 2 fully saturated rings. The molecule has 16 heavy (non-hydrogen) atoms. The van der Waals surface area contributed by atoms with Crippen molar-refractivity contribution in [2.24, 2.45) is 17.6 Å². The van der Waals surface area contributed by atoms with E-state index < -0.39 is 0 Å². The highest BCUT2D eigenvalue weighted by Gasteiger charge is 2.57. The molecule has 1 aromatic rings. The molecule has 84 valence electrons. The Hall–Kier alpha value is -1.38. The lowest BCUT2D eigenvalue weighted by atomic mass is 9.75. The first-order valence-corrected chi connectivity index (χ1v) is 5.95. The summed E-state index contributed by atoms with van der Waals surface area (Å²) < 4.78 is 0. The molecule has 1 amide bonds. The van der Waals surface area contributed by atoms with Crippen LogP contribution in [0, 0.1) is 11.8 Å². The smallest absolute Gasteiger partial charge is 0.221 e. The lowest BCUT2D eigenvalue weighted by molar-refractivity contribution is -0.123. The van der Waals surface area contributed by atoms with E-state index in [4.69, 9.17) is 5.73 Å². The van der Waals surface area contributed by atoms with Crippen LogP contribution in [0.2, 0.25) is 0 Å². The summed E-state index contributed by atoms with van der Waals surface area (Å²) in [4.78, 5) is 16.1. The fraction of sp³-hybridized carbons (Fsp3) is 0.538. The van der Waals surface area contributed by atoms with Gasteiger partial charge in [0.25, 0.3) is 0 Å². The fourth-order valence-electron chi connectivity index (χ4n) is 3.83. The van der Waals surface area contributed by atoms with Crippen LogP contribution in [0.3, 0.4) is 0 Å². The molecule has 3 rings (SSSR count). The monoisotopic (exact) mass is 216 g/mol. The Morgan fingerprint density at radius 3 is 2.69 bits per heavy atom. The Labute approximate surface area is 95.1 Å². The van der Waals surface area contributed by atoms with Crippen LogP contribution in [0.4, 0.5) is 0 Å². The standard InChI is InChI=1S/C13H16N2O/c14-12(16)11-9-4-6-13(11,7-5-9)10-3-1-2-8-15-10/h1-3,8-9,11H,4-7H2,(H2,14,16). The number of carbonyl (C=O) groups is 1. The van der Waals surface area contributed by atoms with Gasteiger partial charge in [0.05, 0.1) is 5.92 Å². The highest BCUT2D eigenvalue weighted by Crippen LogP contribution is 2.58. The third-order valence-electron chi connectivity index (χ3n) is 4.47. The van der Waals surface area contributed by atoms with E-state index in [9.17, 15) is 4.79 Å². The molecule has 1 aromatic heterocycles. The van der Waals surface area contributed by atoms with Gasteiger partial charge < -0.3 is 5.73 Å². The Morgan fingerprint density at radius 2 is 2.12 bits per heavy atom. The first-order valence-electron chi connectivity index (χ1n) is 5.95. The highest BCUT2D eigenvalue weighted by molar-refractivity contribution is 5.80. The van der Waals surface area contributed by atoms with Gasteiger partial charge in [-0.25, -0.2) is 0 Å². The minimum absolute atomic E-state index is 0.0161. The molecule has 1 heterocycles. The second-order valence-electron chi connectivity index (χ2n) is 5.09. The molecule has 0 spiro atoms. The zero-order valence-corrected chi connectivity index (χ0v) is 9.23. The molecule has 3 nitrogen and oxygen atoms in total. The van der Waals surface area contributed by atoms with E-state index in [1.54, 1.807) is 0 Å². The summed E-state index contributed by atoms with van der Waals surface area (Å²) in [5, 5.41) is 0. The van der Waals surface area contributed by atoms with E-state index >= 15 is 0 Å². The number of pyridine rings is 1. The van der Waals surface area contributed by atoms with Crippen LogP contribution >= 0.6 is 0 Å². The summed E-state index contributed by atoms with van der Waals surface area (Å²) in [7, 11) is 0. The van der Waals surface area contributed by atoms with E-state index in [2.05, 4.69) is 4.98 Å². The van der Waals surface area contributed by atoms with E-state index in [1.165, 1.54) is 0 Å². The Kier molecular flexibility index (Phi) is 2.03. The average molecular weight is 216 g/mol. The van der Waals surface area contributed by atoms with Gasteiger partial charge >= 0.3 is 0 Å². The molecule has 0 aliphatic heterocycles. The highest BCUT2D eigenvalue weighted by atomic mass is 16.1. The van der Waals surface area contributed by atoms with E-state index in [-0.39, 0.29) is 17.2 Å². The number of nitrogens with two attached hydrogens (primary N) is 1. The molecule has 2 bridgehead atoms. The van der Waals surface area contributed by atoms with Crippen molar-refractivity contribution in [2.75, 3.05) is 0 Å². The molecule has 3 heteroatoms. The van der Waals surface area contributed by atoms with Crippen molar-refractivity contribution in [3.8, 4) is 0 Å². The fourth-order valence-corrected chi connectivity index (χ4v) is 3.83. The number of hydrogen-bond donors (Lipinski definition) is 1.